The molecule has 0 aromatic heterocycles. The molecule has 96 valence electrons. The number of nitrogens with two attached hydrogens (primary N) is 1. The Kier molecular flexibility index (Phi) is 6.23. The van der Waals surface area contributed by atoms with Gasteiger partial charge in [-0.2, -0.15) is 0 Å². The van der Waals surface area contributed by atoms with Gasteiger partial charge in [0.1, 0.15) is 0 Å². The summed E-state index contributed by atoms with van der Waals surface area (Å²) >= 11 is 0. The van der Waals surface area contributed by atoms with Crippen molar-refractivity contribution >= 4 is 0 Å². The van der Waals surface area contributed by atoms with E-state index in [1.165, 1.54) is 42.4 Å². The second kappa shape index (κ2) is 7.46. The van der Waals surface area contributed by atoms with Crippen molar-refractivity contribution in [3.8, 4) is 0 Å². The third kappa shape index (κ3) is 4.88. The summed E-state index contributed by atoms with van der Waals surface area (Å²) < 4.78 is 0. The minimum atomic E-state index is 0.297. The Hall–Kier alpha value is -0.860. The standard InChI is InChI=1S/C15H26N2/c1-4-5-6-7-8-15(17-16)14-10-12(2)9-13(3)11-14/h9-11,15,17H,4-8,16H2,1-3H3. The zero-order valence-corrected chi connectivity index (χ0v) is 11.4. The van der Waals surface area contributed by atoms with Crippen molar-refractivity contribution in [3.05, 3.63) is 34.9 Å². The van der Waals surface area contributed by atoms with Crippen LogP contribution in [0, 0.1) is 13.8 Å². The highest BCUT2D eigenvalue weighted by molar-refractivity contribution is 5.30. The molecule has 0 aliphatic rings. The number of hydrogen-bond donors (Lipinski definition) is 2. The van der Waals surface area contributed by atoms with Gasteiger partial charge in [0.05, 0.1) is 0 Å². The number of rotatable bonds is 7. The zero-order valence-electron chi connectivity index (χ0n) is 11.4. The highest BCUT2D eigenvalue weighted by Crippen LogP contribution is 2.21. The van der Waals surface area contributed by atoms with Crippen LogP contribution < -0.4 is 11.3 Å². The molecule has 17 heavy (non-hydrogen) atoms. The van der Waals surface area contributed by atoms with Crippen LogP contribution in [-0.4, -0.2) is 0 Å². The Labute approximate surface area is 106 Å². The van der Waals surface area contributed by atoms with Gasteiger partial charge in [-0.1, -0.05) is 61.9 Å². The summed E-state index contributed by atoms with van der Waals surface area (Å²) in [5.41, 5.74) is 6.90. The SMILES string of the molecule is CCCCCCC(NN)c1cc(C)cc(C)c1. The Morgan fingerprint density at radius 2 is 1.71 bits per heavy atom. The van der Waals surface area contributed by atoms with E-state index in [1.54, 1.807) is 0 Å². The number of nitrogens with one attached hydrogen (secondary N) is 1. The number of hydrogen-bond acceptors (Lipinski definition) is 2. The predicted octanol–water partition coefficient (Wildman–Crippen LogP) is 3.78. The van der Waals surface area contributed by atoms with E-state index in [0.717, 1.165) is 6.42 Å². The van der Waals surface area contributed by atoms with Gasteiger partial charge in [0, 0.05) is 6.04 Å². The van der Waals surface area contributed by atoms with Crippen LogP contribution in [0.4, 0.5) is 0 Å². The van der Waals surface area contributed by atoms with Crippen molar-refractivity contribution in [3.63, 3.8) is 0 Å². The van der Waals surface area contributed by atoms with Gasteiger partial charge in [0.2, 0.25) is 0 Å². The first kappa shape index (κ1) is 14.2. The average molecular weight is 234 g/mol. The van der Waals surface area contributed by atoms with Crippen LogP contribution in [0.2, 0.25) is 0 Å². The maximum atomic E-state index is 5.67. The van der Waals surface area contributed by atoms with Crippen LogP contribution in [0.3, 0.4) is 0 Å². The molecule has 1 aromatic rings. The number of hydrazine groups is 1. The van der Waals surface area contributed by atoms with Gasteiger partial charge in [0.25, 0.3) is 0 Å². The van der Waals surface area contributed by atoms with Gasteiger partial charge in [-0.05, 0) is 25.8 Å². The lowest BCUT2D eigenvalue weighted by Gasteiger charge is -2.17. The summed E-state index contributed by atoms with van der Waals surface area (Å²) in [5.74, 6) is 5.67. The van der Waals surface area contributed by atoms with Crippen molar-refractivity contribution in [2.24, 2.45) is 5.84 Å². The molecule has 2 nitrogen and oxygen atoms in total. The third-order valence-electron chi connectivity index (χ3n) is 3.19. The molecule has 0 aliphatic carbocycles. The number of unbranched alkanes of at least 4 members (excludes halogenated alkanes) is 3. The molecule has 1 rings (SSSR count). The first-order valence-corrected chi connectivity index (χ1v) is 6.71. The number of aryl methyl sites for hydroxylation is 2. The molecule has 1 unspecified atom stereocenters. The molecule has 0 radical (unpaired) electrons. The summed E-state index contributed by atoms with van der Waals surface area (Å²) in [6.07, 6.45) is 6.28. The Morgan fingerprint density at radius 1 is 1.06 bits per heavy atom. The van der Waals surface area contributed by atoms with Crippen LogP contribution in [-0.2, 0) is 0 Å². The fourth-order valence-corrected chi connectivity index (χ4v) is 2.33. The first-order chi connectivity index (χ1) is 8.17. The lowest BCUT2D eigenvalue weighted by atomic mass is 9.97. The van der Waals surface area contributed by atoms with Crippen LogP contribution in [0.15, 0.2) is 18.2 Å². The maximum Gasteiger partial charge on any atom is 0.0460 e. The summed E-state index contributed by atoms with van der Waals surface area (Å²) in [7, 11) is 0. The Balaban J connectivity index is 2.59. The molecule has 0 amide bonds. The molecule has 3 N–H and O–H groups in total. The third-order valence-corrected chi connectivity index (χ3v) is 3.19. The minimum Gasteiger partial charge on any atom is -0.271 e. The molecule has 0 heterocycles. The van der Waals surface area contributed by atoms with Crippen molar-refractivity contribution in [2.75, 3.05) is 0 Å². The fourth-order valence-electron chi connectivity index (χ4n) is 2.33. The van der Waals surface area contributed by atoms with E-state index < -0.39 is 0 Å². The van der Waals surface area contributed by atoms with E-state index in [9.17, 15) is 0 Å². The predicted molar refractivity (Wildman–Crippen MR) is 74.7 cm³/mol. The zero-order chi connectivity index (χ0) is 12.7. The van der Waals surface area contributed by atoms with Crippen molar-refractivity contribution < 1.29 is 0 Å². The van der Waals surface area contributed by atoms with Gasteiger partial charge in [-0.25, -0.2) is 0 Å². The second-order valence-corrected chi connectivity index (χ2v) is 4.99. The molecule has 1 aromatic carbocycles. The minimum absolute atomic E-state index is 0.297. The topological polar surface area (TPSA) is 38.0 Å². The van der Waals surface area contributed by atoms with E-state index in [-0.39, 0.29) is 0 Å². The number of benzene rings is 1. The van der Waals surface area contributed by atoms with Crippen LogP contribution in [0.5, 0.6) is 0 Å². The van der Waals surface area contributed by atoms with E-state index in [2.05, 4.69) is 44.4 Å². The molecule has 1 atom stereocenters. The molecule has 2 heteroatoms. The molecule has 0 fully saturated rings. The fraction of sp³-hybridized carbons (Fsp3) is 0.600. The molecule has 0 saturated heterocycles. The van der Waals surface area contributed by atoms with E-state index in [4.69, 9.17) is 5.84 Å². The molecule has 0 saturated carbocycles. The average Bonchev–Trinajstić information content (AvgIpc) is 2.28. The van der Waals surface area contributed by atoms with E-state index in [0.29, 0.717) is 6.04 Å². The molecular weight excluding hydrogens is 208 g/mol. The summed E-state index contributed by atoms with van der Waals surface area (Å²) in [4.78, 5) is 0. The molecule has 0 aliphatic heterocycles. The van der Waals surface area contributed by atoms with Crippen molar-refractivity contribution in [1.29, 1.82) is 0 Å². The van der Waals surface area contributed by atoms with E-state index in [1.807, 2.05) is 0 Å². The highest BCUT2D eigenvalue weighted by atomic mass is 15.2. The quantitative estimate of drug-likeness (QED) is 0.428. The van der Waals surface area contributed by atoms with Crippen molar-refractivity contribution in [2.45, 2.75) is 58.9 Å². The summed E-state index contributed by atoms with van der Waals surface area (Å²) in [6, 6.07) is 6.97. The smallest absolute Gasteiger partial charge is 0.0460 e. The van der Waals surface area contributed by atoms with Crippen LogP contribution >= 0.6 is 0 Å². The Bertz CT molecular complexity index is 313. The molecular formula is C15H26N2. The van der Waals surface area contributed by atoms with Gasteiger partial charge in [-0.3, -0.25) is 11.3 Å². The largest absolute Gasteiger partial charge is 0.271 e. The normalized spacial score (nSPS) is 12.7. The van der Waals surface area contributed by atoms with Gasteiger partial charge in [0.15, 0.2) is 0 Å². The maximum absolute atomic E-state index is 5.67. The van der Waals surface area contributed by atoms with Gasteiger partial charge >= 0.3 is 0 Å². The lowest BCUT2D eigenvalue weighted by Crippen LogP contribution is -2.28. The molecule has 0 spiro atoms. The van der Waals surface area contributed by atoms with E-state index >= 15 is 0 Å². The lowest BCUT2D eigenvalue weighted by molar-refractivity contribution is 0.481. The van der Waals surface area contributed by atoms with Gasteiger partial charge in [-0.15, -0.1) is 0 Å². The van der Waals surface area contributed by atoms with Crippen molar-refractivity contribution in [1.82, 2.24) is 5.43 Å². The first-order valence-electron chi connectivity index (χ1n) is 6.71. The van der Waals surface area contributed by atoms with Gasteiger partial charge < -0.3 is 0 Å². The van der Waals surface area contributed by atoms with Crippen LogP contribution in [0.1, 0.15) is 61.8 Å². The molecule has 0 bridgehead atoms. The highest BCUT2D eigenvalue weighted by Gasteiger charge is 2.09. The summed E-state index contributed by atoms with van der Waals surface area (Å²) in [5, 5.41) is 0. The van der Waals surface area contributed by atoms with Crippen LogP contribution in [0.25, 0.3) is 0 Å². The monoisotopic (exact) mass is 234 g/mol. The summed E-state index contributed by atoms with van der Waals surface area (Å²) in [6.45, 7) is 6.52. The Morgan fingerprint density at radius 3 is 2.24 bits per heavy atom. The second-order valence-electron chi connectivity index (χ2n) is 4.99.